The van der Waals surface area contributed by atoms with Gasteiger partial charge in [-0.25, -0.2) is 0 Å². The van der Waals surface area contributed by atoms with Gasteiger partial charge in [-0.2, -0.15) is 11.8 Å². The predicted octanol–water partition coefficient (Wildman–Crippen LogP) is 5.85. The van der Waals surface area contributed by atoms with Gasteiger partial charge in [0.25, 0.3) is 5.91 Å². The largest absolute Gasteiger partial charge is 0.479 e. The summed E-state index contributed by atoms with van der Waals surface area (Å²) in [6, 6.07) is 12.6. The molecular weight excluding hydrogens is 413 g/mol. The quantitative estimate of drug-likeness (QED) is 0.505. The van der Waals surface area contributed by atoms with Crippen molar-refractivity contribution < 1.29 is 9.53 Å². The van der Waals surface area contributed by atoms with E-state index in [-0.39, 0.29) is 5.91 Å². The Morgan fingerprint density at radius 2 is 1.73 bits per heavy atom. The number of para-hydroxylation sites is 1. The lowest BCUT2D eigenvalue weighted by molar-refractivity contribution is -0.127. The third-order valence-corrected chi connectivity index (χ3v) is 5.63. The minimum Gasteiger partial charge on any atom is -0.479 e. The fraction of sp³-hybridized carbons (Fsp3) is 0.316. The first kappa shape index (κ1) is 21.2. The van der Waals surface area contributed by atoms with Crippen molar-refractivity contribution >= 4 is 52.5 Å². The van der Waals surface area contributed by atoms with Gasteiger partial charge in [0.15, 0.2) is 6.10 Å². The average Bonchev–Trinajstić information content (AvgIpc) is 2.62. The van der Waals surface area contributed by atoms with Gasteiger partial charge in [0.2, 0.25) is 0 Å². The Bertz CT molecular complexity index is 722. The molecule has 0 aromatic heterocycles. The van der Waals surface area contributed by atoms with Gasteiger partial charge in [-0.1, -0.05) is 59.9 Å². The van der Waals surface area contributed by atoms with Crippen LogP contribution >= 0.6 is 46.6 Å². The number of hydrogen-bond acceptors (Lipinski definition) is 3. The Hall–Kier alpha value is -1.07. The van der Waals surface area contributed by atoms with Gasteiger partial charge in [0.05, 0.1) is 5.02 Å². The highest BCUT2D eigenvalue weighted by atomic mass is 35.5. The van der Waals surface area contributed by atoms with Crippen molar-refractivity contribution in [2.75, 3.05) is 12.3 Å². The standard InChI is InChI=1S/C19H20Cl3NO2S/c1-2-17(25-18-9-4-3-6-16(18)22)19(24)23-10-11-26-12-13-14(20)7-5-8-15(13)21/h3-9,17H,2,10-12H2,1H3,(H,23,24)/t17-/m0/s1. The maximum atomic E-state index is 12.3. The second-order valence-corrected chi connectivity index (χ2v) is 7.82. The average molecular weight is 433 g/mol. The zero-order chi connectivity index (χ0) is 18.9. The molecular formula is C19H20Cl3NO2S. The van der Waals surface area contributed by atoms with Gasteiger partial charge in [-0.15, -0.1) is 0 Å². The van der Waals surface area contributed by atoms with E-state index in [1.54, 1.807) is 23.9 Å². The van der Waals surface area contributed by atoms with Gasteiger partial charge in [-0.05, 0) is 36.2 Å². The molecule has 0 radical (unpaired) electrons. The first-order valence-corrected chi connectivity index (χ1v) is 10.5. The smallest absolute Gasteiger partial charge is 0.261 e. The highest BCUT2D eigenvalue weighted by molar-refractivity contribution is 7.98. The van der Waals surface area contributed by atoms with Crippen LogP contribution in [0.4, 0.5) is 0 Å². The van der Waals surface area contributed by atoms with Crippen molar-refractivity contribution in [2.24, 2.45) is 0 Å². The lowest BCUT2D eigenvalue weighted by Crippen LogP contribution is -2.39. The van der Waals surface area contributed by atoms with Crippen molar-refractivity contribution in [3.63, 3.8) is 0 Å². The number of nitrogens with one attached hydrogen (secondary N) is 1. The van der Waals surface area contributed by atoms with Crippen LogP contribution in [0.25, 0.3) is 0 Å². The number of rotatable bonds is 9. The first-order valence-electron chi connectivity index (χ1n) is 8.22. The number of ether oxygens (including phenoxy) is 1. The summed E-state index contributed by atoms with van der Waals surface area (Å²) in [5, 5.41) is 4.71. The van der Waals surface area contributed by atoms with Crippen LogP contribution in [0.15, 0.2) is 42.5 Å². The topological polar surface area (TPSA) is 38.3 Å². The molecule has 0 aliphatic rings. The number of halogens is 3. The summed E-state index contributed by atoms with van der Waals surface area (Å²) in [5.74, 6) is 1.81. The Morgan fingerprint density at radius 1 is 1.08 bits per heavy atom. The molecule has 1 N–H and O–H groups in total. The minimum absolute atomic E-state index is 0.149. The SMILES string of the molecule is CC[C@H](Oc1ccccc1Cl)C(=O)NCCSCc1c(Cl)cccc1Cl. The van der Waals surface area contributed by atoms with E-state index in [0.29, 0.717) is 39.5 Å². The number of benzene rings is 2. The molecule has 0 saturated heterocycles. The molecule has 0 fully saturated rings. The zero-order valence-electron chi connectivity index (χ0n) is 14.3. The third-order valence-electron chi connectivity index (χ3n) is 3.62. The van der Waals surface area contributed by atoms with Crippen LogP contribution in [0, 0.1) is 0 Å². The monoisotopic (exact) mass is 431 g/mol. The summed E-state index contributed by atoms with van der Waals surface area (Å²) in [6.45, 7) is 2.43. The number of carbonyl (C=O) groups excluding carboxylic acids is 1. The molecule has 3 nitrogen and oxygen atoms in total. The van der Waals surface area contributed by atoms with Gasteiger partial charge in [0, 0.05) is 28.1 Å². The van der Waals surface area contributed by atoms with E-state index in [1.165, 1.54) is 0 Å². The Morgan fingerprint density at radius 3 is 2.38 bits per heavy atom. The van der Waals surface area contributed by atoms with Crippen molar-refractivity contribution in [2.45, 2.75) is 25.2 Å². The van der Waals surface area contributed by atoms with E-state index >= 15 is 0 Å². The van der Waals surface area contributed by atoms with Crippen molar-refractivity contribution in [1.82, 2.24) is 5.32 Å². The summed E-state index contributed by atoms with van der Waals surface area (Å²) >= 11 is 20.0. The Kier molecular flexibility index (Phi) is 8.93. The zero-order valence-corrected chi connectivity index (χ0v) is 17.4. The molecule has 0 unspecified atom stereocenters. The molecule has 140 valence electrons. The molecule has 1 atom stereocenters. The van der Waals surface area contributed by atoms with Crippen LogP contribution in [-0.2, 0) is 10.5 Å². The molecule has 7 heteroatoms. The normalized spacial score (nSPS) is 11.8. The Labute approximate surface area is 173 Å². The molecule has 0 aliphatic carbocycles. The van der Waals surface area contributed by atoms with Gasteiger partial charge in [0.1, 0.15) is 5.75 Å². The summed E-state index contributed by atoms with van der Waals surface area (Å²) in [6.07, 6.45) is -0.0164. The predicted molar refractivity (Wildman–Crippen MR) is 112 cm³/mol. The second kappa shape index (κ2) is 10.9. The minimum atomic E-state index is -0.571. The first-order chi connectivity index (χ1) is 12.5. The number of carbonyl (C=O) groups is 1. The molecule has 0 spiro atoms. The van der Waals surface area contributed by atoms with Crippen LogP contribution in [0.3, 0.4) is 0 Å². The van der Waals surface area contributed by atoms with Crippen LogP contribution in [0.2, 0.25) is 15.1 Å². The molecule has 2 aromatic carbocycles. The molecule has 0 saturated carbocycles. The van der Waals surface area contributed by atoms with Crippen LogP contribution in [-0.4, -0.2) is 24.3 Å². The molecule has 1 amide bonds. The fourth-order valence-electron chi connectivity index (χ4n) is 2.22. The van der Waals surface area contributed by atoms with E-state index in [1.807, 2.05) is 37.3 Å². The summed E-state index contributed by atoms with van der Waals surface area (Å²) in [4.78, 5) is 12.3. The maximum absolute atomic E-state index is 12.3. The van der Waals surface area contributed by atoms with Crippen molar-refractivity contribution in [3.8, 4) is 5.75 Å². The lowest BCUT2D eigenvalue weighted by Gasteiger charge is -2.18. The molecule has 2 rings (SSSR count). The Balaban J connectivity index is 1.76. The third kappa shape index (κ3) is 6.27. The molecule has 26 heavy (non-hydrogen) atoms. The number of thioether (sulfide) groups is 1. The molecule has 2 aromatic rings. The van der Waals surface area contributed by atoms with E-state index in [4.69, 9.17) is 39.5 Å². The van der Waals surface area contributed by atoms with Crippen molar-refractivity contribution in [3.05, 3.63) is 63.1 Å². The van der Waals surface area contributed by atoms with Gasteiger partial charge < -0.3 is 10.1 Å². The highest BCUT2D eigenvalue weighted by Gasteiger charge is 2.18. The van der Waals surface area contributed by atoms with Gasteiger partial charge in [-0.3, -0.25) is 4.79 Å². The van der Waals surface area contributed by atoms with Crippen LogP contribution < -0.4 is 10.1 Å². The van der Waals surface area contributed by atoms with E-state index in [0.717, 1.165) is 11.3 Å². The van der Waals surface area contributed by atoms with E-state index in [9.17, 15) is 4.79 Å². The molecule has 0 bridgehead atoms. The van der Waals surface area contributed by atoms with E-state index < -0.39 is 6.10 Å². The van der Waals surface area contributed by atoms with E-state index in [2.05, 4.69) is 5.32 Å². The lowest BCUT2D eigenvalue weighted by atomic mass is 10.2. The summed E-state index contributed by atoms with van der Waals surface area (Å²) in [5.41, 5.74) is 0.917. The van der Waals surface area contributed by atoms with Crippen molar-refractivity contribution in [1.29, 1.82) is 0 Å². The summed E-state index contributed by atoms with van der Waals surface area (Å²) < 4.78 is 5.73. The fourth-order valence-corrected chi connectivity index (χ4v) is 4.00. The molecule has 0 heterocycles. The highest BCUT2D eigenvalue weighted by Crippen LogP contribution is 2.28. The van der Waals surface area contributed by atoms with Gasteiger partial charge >= 0.3 is 0 Å². The second-order valence-electron chi connectivity index (χ2n) is 5.49. The maximum Gasteiger partial charge on any atom is 0.261 e. The number of hydrogen-bond donors (Lipinski definition) is 1. The number of amides is 1. The summed E-state index contributed by atoms with van der Waals surface area (Å²) in [7, 11) is 0. The molecule has 0 aliphatic heterocycles. The van der Waals surface area contributed by atoms with Crippen LogP contribution in [0.1, 0.15) is 18.9 Å². The van der Waals surface area contributed by atoms with Crippen LogP contribution in [0.5, 0.6) is 5.75 Å².